The number of aryl methyl sites for hydroxylation is 8. The first kappa shape index (κ1) is 61.8. The highest BCUT2D eigenvalue weighted by molar-refractivity contribution is 7.98. The first-order valence-corrected chi connectivity index (χ1v) is 40.9. The van der Waals surface area contributed by atoms with Crippen molar-refractivity contribution in [3.8, 4) is 0 Å². The molecule has 6 nitrogen and oxygen atoms in total. The van der Waals surface area contributed by atoms with Crippen molar-refractivity contribution in [2.75, 3.05) is 0 Å². The van der Waals surface area contributed by atoms with Crippen LogP contribution in [-0.2, 0) is 74.4 Å². The van der Waals surface area contributed by atoms with E-state index in [1.807, 2.05) is 0 Å². The fourth-order valence-corrected chi connectivity index (χ4v) is 21.7. The Hall–Kier alpha value is -4.40. The Morgan fingerprint density at radius 2 is 0.322 bits per heavy atom. The molecular formula is C82H112N6S2. The first-order chi connectivity index (χ1) is 44.6. The van der Waals surface area contributed by atoms with Gasteiger partial charge in [-0.3, -0.25) is 0 Å². The molecule has 0 amide bonds. The number of nitrogens with zero attached hydrogens (tertiary/aromatic N) is 6. The van der Waals surface area contributed by atoms with Crippen LogP contribution >= 0.6 is 23.5 Å². The number of hydrogen-bond donors (Lipinski definition) is 0. The first-order valence-electron chi connectivity index (χ1n) is 38.6. The molecule has 90 heavy (non-hydrogen) atoms. The van der Waals surface area contributed by atoms with E-state index in [1.165, 1.54) is 257 Å². The van der Waals surface area contributed by atoms with Crippen LogP contribution in [0, 0.1) is 0 Å². The minimum absolute atomic E-state index is 1.12. The minimum atomic E-state index is 1.12. The predicted molar refractivity (Wildman–Crippen MR) is 397 cm³/mol. The summed E-state index contributed by atoms with van der Waals surface area (Å²) in [5.74, 6) is 4.49. The van der Waals surface area contributed by atoms with Gasteiger partial charge in [-0.2, -0.15) is 23.5 Å². The summed E-state index contributed by atoms with van der Waals surface area (Å²) in [6.45, 7) is 19.4. The minimum Gasteiger partial charge on any atom is -0.302 e. The van der Waals surface area contributed by atoms with Crippen molar-refractivity contribution in [1.29, 1.82) is 0 Å². The third kappa shape index (κ3) is 9.30. The van der Waals surface area contributed by atoms with Gasteiger partial charge in [0, 0.05) is 23.0 Å². The third-order valence-corrected chi connectivity index (χ3v) is 25.5. The number of benzene rings is 1. The van der Waals surface area contributed by atoms with Gasteiger partial charge < -0.3 is 26.4 Å². The van der Waals surface area contributed by atoms with E-state index in [1.54, 1.807) is 166 Å². The predicted octanol–water partition coefficient (Wildman–Crippen LogP) is 25.2. The van der Waals surface area contributed by atoms with Crippen LogP contribution in [0.25, 0.3) is 99.3 Å². The fourth-order valence-electron chi connectivity index (χ4n) is 19.4. The van der Waals surface area contributed by atoms with Gasteiger partial charge in [-0.05, 0) is 169 Å². The van der Waals surface area contributed by atoms with Gasteiger partial charge in [-0.15, -0.1) is 0 Å². The highest BCUT2D eigenvalue weighted by atomic mass is 32.2. The summed E-state index contributed by atoms with van der Waals surface area (Å²) in [5.41, 5.74) is 49.5. The van der Waals surface area contributed by atoms with Crippen LogP contribution < -0.4 is 0 Å². The van der Waals surface area contributed by atoms with Gasteiger partial charge in [0.1, 0.15) is 0 Å². The van der Waals surface area contributed by atoms with E-state index in [-0.39, 0.29) is 0 Å². The van der Waals surface area contributed by atoms with Crippen LogP contribution in [0.5, 0.6) is 0 Å². The molecular weight excluding hydrogens is 1130 g/mol. The topological polar surface area (TPSA) is 26.5 Å². The van der Waals surface area contributed by atoms with Gasteiger partial charge in [-0.25, -0.2) is 0 Å². The van der Waals surface area contributed by atoms with Crippen LogP contribution in [-0.4, -0.2) is 26.4 Å². The summed E-state index contributed by atoms with van der Waals surface area (Å²) in [6.07, 6.45) is 51.1. The van der Waals surface area contributed by atoms with E-state index in [4.69, 9.17) is 0 Å². The molecule has 0 spiro atoms. The maximum atomic E-state index is 3.13. The summed E-state index contributed by atoms with van der Waals surface area (Å²) in [4.78, 5) is 0. The van der Waals surface area contributed by atoms with Crippen LogP contribution in [0.3, 0.4) is 0 Å². The van der Waals surface area contributed by atoms with Crippen LogP contribution in [0.4, 0.5) is 0 Å². The Kier molecular flexibility index (Phi) is 18.1. The van der Waals surface area contributed by atoms with Crippen molar-refractivity contribution in [1.82, 2.24) is 26.4 Å². The van der Waals surface area contributed by atoms with Crippen molar-refractivity contribution in [3.63, 3.8) is 0 Å². The number of hydrogen-bond acceptors (Lipinski definition) is 2. The SMILES string of the molecule is CCCCCCc1c(CCCCCC)c2c3c4c(c5c6c(CCCCCC)c(CCCCCC)c7c8c(CCCCCC)c(CCCCCC)c9c%10c%11c(c%12c%13c(CCCCCC)c(CCCCCC)c%14c1n2c1c(c(c(c(c1n35)n76)n89)n%12%10)n%14%13)CSC%11)CSC4. The summed E-state index contributed by atoms with van der Waals surface area (Å²) in [7, 11) is 0. The molecule has 15 rings (SSSR count). The number of unbranched alkanes of at least 4 members (excludes halogenated alkanes) is 24. The fraction of sp³-hybridized carbons (Fsp3) is 0.634. The quantitative estimate of drug-likeness (QED) is 0.0217. The zero-order valence-electron chi connectivity index (χ0n) is 57.6. The molecule has 12 aromatic heterocycles. The molecule has 8 heteroatoms. The van der Waals surface area contributed by atoms with Crippen molar-refractivity contribution in [3.05, 3.63) is 66.8 Å². The normalized spacial score (nSPS) is 14.4. The molecule has 0 radical (unpaired) electrons. The Morgan fingerprint density at radius 3 is 0.478 bits per heavy atom. The van der Waals surface area contributed by atoms with Gasteiger partial charge in [0.05, 0.1) is 99.3 Å². The largest absolute Gasteiger partial charge is 0.302 e. The lowest BCUT2D eigenvalue weighted by Crippen LogP contribution is -2.14. The number of fused-ring (bicyclic) bond motifs is 12. The molecule has 0 saturated carbocycles. The Labute approximate surface area is 547 Å². The molecule has 0 unspecified atom stereocenters. The average molecular weight is 1250 g/mol. The van der Waals surface area contributed by atoms with Crippen molar-refractivity contribution in [2.45, 2.75) is 335 Å². The van der Waals surface area contributed by atoms with Crippen LogP contribution in [0.1, 0.15) is 328 Å². The molecule has 0 saturated heterocycles. The van der Waals surface area contributed by atoms with E-state index in [0.29, 0.717) is 0 Å². The molecule has 0 aliphatic carbocycles. The van der Waals surface area contributed by atoms with E-state index < -0.39 is 0 Å². The zero-order valence-corrected chi connectivity index (χ0v) is 59.2. The van der Waals surface area contributed by atoms with Gasteiger partial charge in [0.15, 0.2) is 0 Å². The lowest BCUT2D eigenvalue weighted by molar-refractivity contribution is 0.653. The molecule has 2 aliphatic heterocycles. The molecule has 1 aromatic carbocycles. The lowest BCUT2D eigenvalue weighted by Gasteiger charge is -2.27. The van der Waals surface area contributed by atoms with Gasteiger partial charge >= 0.3 is 0 Å². The Morgan fingerprint density at radius 1 is 0.178 bits per heavy atom. The molecule has 482 valence electrons. The van der Waals surface area contributed by atoms with Gasteiger partial charge in [0.2, 0.25) is 0 Å². The van der Waals surface area contributed by atoms with Gasteiger partial charge in [-0.1, -0.05) is 209 Å². The molecule has 0 fully saturated rings. The molecule has 2 aliphatic rings. The highest BCUT2D eigenvalue weighted by Gasteiger charge is 2.43. The summed E-state index contributed by atoms with van der Waals surface area (Å²) >= 11 is 4.47. The van der Waals surface area contributed by atoms with Gasteiger partial charge in [0.25, 0.3) is 0 Å². The lowest BCUT2D eigenvalue weighted by atomic mass is 9.95. The summed E-state index contributed by atoms with van der Waals surface area (Å²) in [6, 6.07) is 0. The summed E-state index contributed by atoms with van der Waals surface area (Å²) in [5, 5.41) is 0. The standard InChI is InChI=1S/C82H112N6S2/c1-9-17-25-33-41-53-57(45-37-29-21-13-5)69-73-61-49-89-50-62(61)75-71-59(47-39-31-23-15-7)55(43-35-27-19-11-3)67-68-56(44-36-28-20-12-4)60(48-40-32-24-16-8)72-76-64-52-90-51-63(64)74-70-58(46-38-30-22-14-6)54(42-34-26-18-10-2)66-65(53)83(69)77-78(84(66)70)82(88(74)76)80(86(68)72)79(85(67)71)81(77)87(73)75/h9-52H2,1-8H3. The Bertz CT molecular complexity index is 3990. The van der Waals surface area contributed by atoms with Crippen LogP contribution in [0.2, 0.25) is 0 Å². The maximum absolute atomic E-state index is 3.13. The molecule has 13 aromatic rings. The smallest absolute Gasteiger partial charge is 0.0993 e. The molecule has 0 atom stereocenters. The molecule has 14 heterocycles. The zero-order chi connectivity index (χ0) is 61.3. The number of aromatic nitrogens is 6. The molecule has 0 N–H and O–H groups in total. The number of thioether (sulfide) groups is 2. The van der Waals surface area contributed by atoms with E-state index >= 15 is 0 Å². The van der Waals surface area contributed by atoms with Crippen molar-refractivity contribution >= 4 is 123 Å². The maximum Gasteiger partial charge on any atom is 0.0993 e. The second-order valence-corrected chi connectivity index (χ2v) is 31.5. The van der Waals surface area contributed by atoms with E-state index in [9.17, 15) is 0 Å². The second-order valence-electron chi connectivity index (χ2n) is 29.5. The second kappa shape index (κ2) is 26.4. The van der Waals surface area contributed by atoms with Crippen molar-refractivity contribution in [2.24, 2.45) is 0 Å². The monoisotopic (exact) mass is 1240 g/mol. The summed E-state index contributed by atoms with van der Waals surface area (Å²) < 4.78 is 18.7. The highest BCUT2D eigenvalue weighted by Crippen LogP contribution is 2.58. The van der Waals surface area contributed by atoms with Crippen molar-refractivity contribution < 1.29 is 0 Å². The van der Waals surface area contributed by atoms with E-state index in [0.717, 1.165) is 23.0 Å². The van der Waals surface area contributed by atoms with E-state index in [2.05, 4.69) is 105 Å². The van der Waals surface area contributed by atoms with Crippen LogP contribution in [0.15, 0.2) is 0 Å². The third-order valence-electron chi connectivity index (χ3n) is 23.6. The Balaban J connectivity index is 1.24. The molecule has 0 bridgehead atoms. The number of rotatable bonds is 40. The average Bonchev–Trinajstić information content (AvgIpc) is 1.41.